The Morgan fingerprint density at radius 1 is 1.35 bits per heavy atom. The first-order valence-electron chi connectivity index (χ1n) is 4.59. The maximum atomic E-state index is 11.4. The van der Waals surface area contributed by atoms with Gasteiger partial charge in [0, 0.05) is 5.69 Å². The number of fused-ring (bicyclic) bond motifs is 1. The van der Waals surface area contributed by atoms with Crippen LogP contribution in [0.15, 0.2) is 22.8 Å². The van der Waals surface area contributed by atoms with E-state index in [2.05, 4.69) is 20.3 Å². The normalized spacial score (nSPS) is 12.3. The molecule has 4 N–H and O–H groups in total. The summed E-state index contributed by atoms with van der Waals surface area (Å²) in [6.45, 7) is 0. The van der Waals surface area contributed by atoms with Gasteiger partial charge in [-0.05, 0) is 28.5 Å². The van der Waals surface area contributed by atoms with E-state index in [1.54, 1.807) is 12.1 Å². The third-order valence-corrected chi connectivity index (χ3v) is 2.07. The molecule has 1 heterocycles. The number of aromatic nitrogens is 2. The van der Waals surface area contributed by atoms with Crippen LogP contribution in [0.4, 0.5) is 5.69 Å². The van der Waals surface area contributed by atoms with Gasteiger partial charge in [0.1, 0.15) is 11.0 Å². The van der Waals surface area contributed by atoms with Crippen LogP contribution in [0, 0.1) is 0 Å². The summed E-state index contributed by atoms with van der Waals surface area (Å²) in [6, 6.07) is 3.01. The van der Waals surface area contributed by atoms with E-state index in [0.717, 1.165) is 0 Å². The molecule has 2 rings (SSSR count). The number of hydrogen-bond acceptors (Lipinski definition) is 6. The molecule has 17 heavy (non-hydrogen) atoms. The zero-order chi connectivity index (χ0) is 12.4. The first-order valence-corrected chi connectivity index (χ1v) is 4.59. The van der Waals surface area contributed by atoms with Gasteiger partial charge in [-0.25, -0.2) is 9.42 Å². The zero-order valence-corrected chi connectivity index (χ0v) is 8.45. The van der Waals surface area contributed by atoms with E-state index in [1.807, 2.05) is 0 Å². The molecule has 0 fully saturated rings. The van der Waals surface area contributed by atoms with Gasteiger partial charge in [-0.15, -0.1) is 0 Å². The van der Waals surface area contributed by atoms with Crippen LogP contribution in [0.25, 0.3) is 11.0 Å². The van der Waals surface area contributed by atoms with E-state index in [1.165, 1.54) is 6.07 Å². The van der Waals surface area contributed by atoms with Crippen LogP contribution < -0.4 is 11.1 Å². The largest absolute Gasteiger partial charge is 0.480 e. The molecule has 88 valence electrons. The van der Waals surface area contributed by atoms with E-state index in [4.69, 9.17) is 10.8 Å². The molecule has 0 saturated heterocycles. The lowest BCUT2D eigenvalue weighted by atomic mass is 10.2. The summed E-state index contributed by atoms with van der Waals surface area (Å²) in [5.41, 5.74) is 6.50. The summed E-state index contributed by atoms with van der Waals surface area (Å²) in [4.78, 5) is 21.8. The van der Waals surface area contributed by atoms with Crippen LogP contribution in [-0.4, -0.2) is 33.3 Å². The number of carbonyl (C=O) groups excluding carboxylic acids is 1. The molecule has 0 aliphatic heterocycles. The number of nitrogens with two attached hydrogens (primary N) is 1. The quantitative estimate of drug-likeness (QED) is 0.616. The summed E-state index contributed by atoms with van der Waals surface area (Å²) >= 11 is 0. The number of aliphatic carboxylic acids is 1. The van der Waals surface area contributed by atoms with Crippen LogP contribution >= 0.6 is 0 Å². The molecule has 1 amide bonds. The molecule has 0 saturated carbocycles. The molecule has 1 aromatic heterocycles. The molecule has 0 radical (unpaired) electrons. The average Bonchev–Trinajstić information content (AvgIpc) is 2.74. The standard InChI is InChI=1S/C9H8N4O4/c10-7(9(15)16)8(14)11-4-1-2-5-6(3-4)13-17-12-5/h1-3,7H,10H2,(H,11,14)(H,15,16). The summed E-state index contributed by atoms with van der Waals surface area (Å²) in [5.74, 6) is -2.21. The molecule has 0 aliphatic carbocycles. The number of hydrogen-bond donors (Lipinski definition) is 3. The smallest absolute Gasteiger partial charge is 0.330 e. The highest BCUT2D eigenvalue weighted by molar-refractivity contribution is 6.07. The predicted molar refractivity (Wildman–Crippen MR) is 56.0 cm³/mol. The molecule has 0 spiro atoms. The van der Waals surface area contributed by atoms with Gasteiger partial charge < -0.3 is 16.2 Å². The molecule has 0 bridgehead atoms. The van der Waals surface area contributed by atoms with Crippen molar-refractivity contribution in [3.05, 3.63) is 18.2 Å². The van der Waals surface area contributed by atoms with Crippen molar-refractivity contribution in [3.63, 3.8) is 0 Å². The number of amides is 1. The maximum Gasteiger partial charge on any atom is 0.330 e. The minimum absolute atomic E-state index is 0.370. The van der Waals surface area contributed by atoms with Crippen molar-refractivity contribution >= 4 is 28.6 Å². The molecule has 8 heteroatoms. The van der Waals surface area contributed by atoms with Crippen molar-refractivity contribution in [2.24, 2.45) is 5.73 Å². The Balaban J connectivity index is 2.18. The van der Waals surface area contributed by atoms with Gasteiger partial charge in [0.2, 0.25) is 0 Å². The van der Waals surface area contributed by atoms with Crippen LogP contribution in [0.3, 0.4) is 0 Å². The molecule has 8 nitrogen and oxygen atoms in total. The second kappa shape index (κ2) is 4.18. The summed E-state index contributed by atoms with van der Waals surface area (Å²) in [7, 11) is 0. The Morgan fingerprint density at radius 2 is 2.06 bits per heavy atom. The lowest BCUT2D eigenvalue weighted by Gasteiger charge is -2.07. The van der Waals surface area contributed by atoms with Crippen LogP contribution in [0.1, 0.15) is 0 Å². The second-order valence-corrected chi connectivity index (χ2v) is 3.27. The first kappa shape index (κ1) is 11.0. The van der Waals surface area contributed by atoms with E-state index in [-0.39, 0.29) is 0 Å². The Labute approximate surface area is 94.4 Å². The Bertz CT molecular complexity index is 579. The topological polar surface area (TPSA) is 131 Å². The predicted octanol–water partition coefficient (Wildman–Crippen LogP) is -0.427. The molecule has 2 aromatic rings. The van der Waals surface area contributed by atoms with Crippen LogP contribution in [0.2, 0.25) is 0 Å². The number of carboxylic acids is 1. The summed E-state index contributed by atoms with van der Waals surface area (Å²) in [6.07, 6.45) is 0. The zero-order valence-electron chi connectivity index (χ0n) is 8.45. The molecule has 0 aliphatic rings. The van der Waals surface area contributed by atoms with Crippen molar-refractivity contribution < 1.29 is 19.3 Å². The Hall–Kier alpha value is -2.48. The highest BCUT2D eigenvalue weighted by Crippen LogP contribution is 2.15. The van der Waals surface area contributed by atoms with E-state index >= 15 is 0 Å². The number of nitrogens with zero attached hydrogens (tertiary/aromatic N) is 2. The molecular formula is C9H8N4O4. The summed E-state index contributed by atoms with van der Waals surface area (Å²) in [5, 5.41) is 18.1. The van der Waals surface area contributed by atoms with Crippen molar-refractivity contribution in [3.8, 4) is 0 Å². The highest BCUT2D eigenvalue weighted by Gasteiger charge is 2.21. The second-order valence-electron chi connectivity index (χ2n) is 3.27. The third kappa shape index (κ3) is 2.21. The Kier molecular flexibility index (Phi) is 2.71. The van der Waals surface area contributed by atoms with Crippen molar-refractivity contribution in [1.82, 2.24) is 10.3 Å². The minimum atomic E-state index is -1.61. The Morgan fingerprint density at radius 3 is 2.76 bits per heavy atom. The SMILES string of the molecule is NC(C(=O)O)C(=O)Nc1ccc2nonc2c1. The highest BCUT2D eigenvalue weighted by atomic mass is 16.6. The number of carbonyl (C=O) groups is 2. The van der Waals surface area contributed by atoms with Gasteiger partial charge in [-0.3, -0.25) is 4.79 Å². The third-order valence-electron chi connectivity index (χ3n) is 2.07. The van der Waals surface area contributed by atoms with Gasteiger partial charge >= 0.3 is 5.97 Å². The minimum Gasteiger partial charge on any atom is -0.480 e. The molecule has 1 aromatic carbocycles. The van der Waals surface area contributed by atoms with Gasteiger partial charge in [0.25, 0.3) is 5.91 Å². The van der Waals surface area contributed by atoms with Crippen LogP contribution in [0.5, 0.6) is 0 Å². The fraction of sp³-hybridized carbons (Fsp3) is 0.111. The first-order chi connectivity index (χ1) is 8.08. The van der Waals surface area contributed by atoms with E-state index in [9.17, 15) is 9.59 Å². The van der Waals surface area contributed by atoms with Crippen molar-refractivity contribution in [1.29, 1.82) is 0 Å². The fourth-order valence-electron chi connectivity index (χ4n) is 1.19. The van der Waals surface area contributed by atoms with Gasteiger partial charge in [0.05, 0.1) is 0 Å². The van der Waals surface area contributed by atoms with E-state index in [0.29, 0.717) is 16.7 Å². The lowest BCUT2D eigenvalue weighted by molar-refractivity contribution is -0.141. The van der Waals surface area contributed by atoms with Gasteiger partial charge in [-0.1, -0.05) is 0 Å². The number of rotatable bonds is 3. The van der Waals surface area contributed by atoms with Crippen molar-refractivity contribution in [2.75, 3.05) is 5.32 Å². The maximum absolute atomic E-state index is 11.4. The molecular weight excluding hydrogens is 228 g/mol. The van der Waals surface area contributed by atoms with E-state index < -0.39 is 17.9 Å². The van der Waals surface area contributed by atoms with Crippen molar-refractivity contribution in [2.45, 2.75) is 6.04 Å². The fourth-order valence-corrected chi connectivity index (χ4v) is 1.19. The number of benzene rings is 1. The van der Waals surface area contributed by atoms with Gasteiger partial charge in [0.15, 0.2) is 6.04 Å². The number of nitrogens with one attached hydrogen (secondary N) is 1. The molecule has 1 atom stereocenters. The monoisotopic (exact) mass is 236 g/mol. The average molecular weight is 236 g/mol. The van der Waals surface area contributed by atoms with Gasteiger partial charge in [-0.2, -0.15) is 0 Å². The number of anilines is 1. The number of carboxylic acid groups (broad SMARTS) is 1. The lowest BCUT2D eigenvalue weighted by Crippen LogP contribution is -2.42. The summed E-state index contributed by atoms with van der Waals surface area (Å²) < 4.78 is 4.48. The van der Waals surface area contributed by atoms with Crippen LogP contribution in [-0.2, 0) is 9.59 Å². The molecule has 1 unspecified atom stereocenters.